The van der Waals surface area contributed by atoms with Gasteiger partial charge in [0.25, 0.3) is 11.6 Å². The quantitative estimate of drug-likeness (QED) is 0.585. The molecule has 1 rings (SSSR count). The van der Waals surface area contributed by atoms with Crippen molar-refractivity contribution in [3.63, 3.8) is 0 Å². The first kappa shape index (κ1) is 16.6. The molecule has 0 saturated heterocycles. The molecule has 0 atom stereocenters. The van der Waals surface area contributed by atoms with Crippen LogP contribution < -0.4 is 0 Å². The van der Waals surface area contributed by atoms with Gasteiger partial charge in [-0.15, -0.1) is 0 Å². The summed E-state index contributed by atoms with van der Waals surface area (Å²) < 4.78 is 0. The molecule has 114 valence electrons. The Hall–Kier alpha value is -2.44. The van der Waals surface area contributed by atoms with Gasteiger partial charge in [0.1, 0.15) is 0 Å². The number of carbonyl (C=O) groups excluding carboxylic acids is 1. The van der Waals surface area contributed by atoms with Gasteiger partial charge in [0.15, 0.2) is 0 Å². The Kier molecular flexibility index (Phi) is 6.32. The van der Waals surface area contributed by atoms with Crippen molar-refractivity contribution in [1.82, 2.24) is 4.90 Å². The average molecular weight is 294 g/mol. The summed E-state index contributed by atoms with van der Waals surface area (Å²) in [6, 6.07) is 5.46. The maximum absolute atomic E-state index is 12.3. The molecule has 0 bridgehead atoms. The molecule has 0 fully saturated rings. The Morgan fingerprint density at radius 2 is 2.05 bits per heavy atom. The molecule has 0 aliphatic rings. The number of rotatable bonds is 8. The van der Waals surface area contributed by atoms with Crippen LogP contribution in [0.5, 0.6) is 0 Å². The van der Waals surface area contributed by atoms with Crippen molar-refractivity contribution < 1.29 is 19.6 Å². The zero-order valence-electron chi connectivity index (χ0n) is 11.8. The van der Waals surface area contributed by atoms with Crippen molar-refractivity contribution in [2.75, 3.05) is 13.1 Å². The highest BCUT2D eigenvalue weighted by atomic mass is 16.6. The van der Waals surface area contributed by atoms with Gasteiger partial charge >= 0.3 is 5.97 Å². The lowest BCUT2D eigenvalue weighted by atomic mass is 10.1. The second kappa shape index (κ2) is 7.98. The SMILES string of the molecule is CCCCN(CCC(=O)O)C(=O)c1cccc([N+](=O)[O-])c1. The molecule has 7 nitrogen and oxygen atoms in total. The molecular weight excluding hydrogens is 276 g/mol. The van der Waals surface area contributed by atoms with E-state index in [1.807, 2.05) is 6.92 Å². The number of nitro benzene ring substituents is 1. The first-order chi connectivity index (χ1) is 9.95. The maximum atomic E-state index is 12.3. The molecular formula is C14H18N2O5. The number of nitro groups is 1. The van der Waals surface area contributed by atoms with Gasteiger partial charge in [-0.05, 0) is 12.5 Å². The van der Waals surface area contributed by atoms with E-state index >= 15 is 0 Å². The van der Waals surface area contributed by atoms with E-state index in [1.54, 1.807) is 0 Å². The zero-order valence-corrected chi connectivity index (χ0v) is 11.8. The Morgan fingerprint density at radius 1 is 1.33 bits per heavy atom. The number of unbranched alkanes of at least 4 members (excludes halogenated alkanes) is 1. The maximum Gasteiger partial charge on any atom is 0.305 e. The van der Waals surface area contributed by atoms with Crippen LogP contribution in [-0.2, 0) is 4.79 Å². The van der Waals surface area contributed by atoms with Crippen LogP contribution in [0.4, 0.5) is 5.69 Å². The van der Waals surface area contributed by atoms with Crippen molar-refractivity contribution in [1.29, 1.82) is 0 Å². The Balaban J connectivity index is 2.89. The summed E-state index contributed by atoms with van der Waals surface area (Å²) in [6.07, 6.45) is 1.47. The molecule has 0 aliphatic heterocycles. The average Bonchev–Trinajstić information content (AvgIpc) is 2.46. The molecule has 0 aromatic heterocycles. The molecule has 0 aliphatic carbocycles. The Morgan fingerprint density at radius 3 is 2.62 bits per heavy atom. The number of amides is 1. The molecule has 1 aromatic rings. The van der Waals surface area contributed by atoms with E-state index in [-0.39, 0.29) is 30.1 Å². The Labute approximate surface area is 122 Å². The number of hydrogen-bond donors (Lipinski definition) is 1. The minimum absolute atomic E-state index is 0.0941. The fourth-order valence-corrected chi connectivity index (χ4v) is 1.83. The summed E-state index contributed by atoms with van der Waals surface area (Å²) in [4.78, 5) is 34.6. The van der Waals surface area contributed by atoms with E-state index in [1.165, 1.54) is 29.2 Å². The van der Waals surface area contributed by atoms with Crippen LogP contribution in [0.2, 0.25) is 0 Å². The van der Waals surface area contributed by atoms with Crippen LogP contribution in [0.25, 0.3) is 0 Å². The summed E-state index contributed by atoms with van der Waals surface area (Å²) in [5.74, 6) is -1.36. The van der Waals surface area contributed by atoms with Crippen LogP contribution >= 0.6 is 0 Å². The highest BCUT2D eigenvalue weighted by molar-refractivity contribution is 5.95. The molecule has 0 spiro atoms. The van der Waals surface area contributed by atoms with Gasteiger partial charge in [-0.2, -0.15) is 0 Å². The van der Waals surface area contributed by atoms with Gasteiger partial charge in [-0.25, -0.2) is 0 Å². The lowest BCUT2D eigenvalue weighted by Gasteiger charge is -2.21. The van der Waals surface area contributed by atoms with E-state index in [9.17, 15) is 19.7 Å². The lowest BCUT2D eigenvalue weighted by molar-refractivity contribution is -0.384. The number of carbonyl (C=O) groups is 2. The second-order valence-electron chi connectivity index (χ2n) is 4.60. The van der Waals surface area contributed by atoms with Crippen molar-refractivity contribution in [3.05, 3.63) is 39.9 Å². The Bertz CT molecular complexity index is 530. The third kappa shape index (κ3) is 5.21. The first-order valence-electron chi connectivity index (χ1n) is 6.71. The smallest absolute Gasteiger partial charge is 0.305 e. The van der Waals surface area contributed by atoms with Crippen LogP contribution in [0.15, 0.2) is 24.3 Å². The van der Waals surface area contributed by atoms with Crippen molar-refractivity contribution in [3.8, 4) is 0 Å². The number of non-ortho nitro benzene ring substituents is 1. The van der Waals surface area contributed by atoms with Gasteiger partial charge in [0, 0.05) is 30.8 Å². The van der Waals surface area contributed by atoms with E-state index in [0.717, 1.165) is 12.8 Å². The van der Waals surface area contributed by atoms with Crippen LogP contribution in [0.1, 0.15) is 36.5 Å². The molecule has 0 unspecified atom stereocenters. The minimum atomic E-state index is -0.983. The summed E-state index contributed by atoms with van der Waals surface area (Å²) in [7, 11) is 0. The standard InChI is InChI=1S/C14H18N2O5/c1-2-3-8-15(9-7-13(17)18)14(19)11-5-4-6-12(10-11)16(20)21/h4-6,10H,2-3,7-9H2,1H3,(H,17,18). The topological polar surface area (TPSA) is 101 Å². The number of nitrogens with zero attached hydrogens (tertiary/aromatic N) is 2. The molecule has 0 radical (unpaired) electrons. The third-order valence-electron chi connectivity index (χ3n) is 2.97. The minimum Gasteiger partial charge on any atom is -0.481 e. The summed E-state index contributed by atoms with van der Waals surface area (Å²) >= 11 is 0. The number of benzene rings is 1. The molecule has 7 heteroatoms. The number of carboxylic acids is 1. The predicted octanol–water partition coefficient (Wildman–Crippen LogP) is 2.31. The lowest BCUT2D eigenvalue weighted by Crippen LogP contribution is -2.34. The fourth-order valence-electron chi connectivity index (χ4n) is 1.83. The third-order valence-corrected chi connectivity index (χ3v) is 2.97. The van der Waals surface area contributed by atoms with Crippen molar-refractivity contribution >= 4 is 17.6 Å². The molecule has 1 amide bonds. The van der Waals surface area contributed by atoms with Crippen molar-refractivity contribution in [2.24, 2.45) is 0 Å². The normalized spacial score (nSPS) is 10.1. The molecule has 21 heavy (non-hydrogen) atoms. The van der Waals surface area contributed by atoms with Gasteiger partial charge < -0.3 is 10.0 Å². The van der Waals surface area contributed by atoms with E-state index in [2.05, 4.69) is 0 Å². The molecule has 0 saturated carbocycles. The summed E-state index contributed by atoms with van der Waals surface area (Å²) in [5, 5.41) is 19.5. The number of aliphatic carboxylic acids is 1. The highest BCUT2D eigenvalue weighted by Crippen LogP contribution is 2.15. The first-order valence-corrected chi connectivity index (χ1v) is 6.71. The molecule has 1 aromatic carbocycles. The zero-order chi connectivity index (χ0) is 15.8. The van der Waals surface area contributed by atoms with Gasteiger partial charge in [-0.3, -0.25) is 19.7 Å². The fraction of sp³-hybridized carbons (Fsp3) is 0.429. The largest absolute Gasteiger partial charge is 0.481 e. The summed E-state index contributed by atoms with van der Waals surface area (Å²) in [5.41, 5.74) is 0.0419. The van der Waals surface area contributed by atoms with Gasteiger partial charge in [-0.1, -0.05) is 19.4 Å². The van der Waals surface area contributed by atoms with E-state index < -0.39 is 10.9 Å². The monoisotopic (exact) mass is 294 g/mol. The van der Waals surface area contributed by atoms with Crippen LogP contribution in [0.3, 0.4) is 0 Å². The second-order valence-corrected chi connectivity index (χ2v) is 4.60. The summed E-state index contributed by atoms with van der Waals surface area (Å²) in [6.45, 7) is 2.50. The number of hydrogen-bond acceptors (Lipinski definition) is 4. The van der Waals surface area contributed by atoms with E-state index in [0.29, 0.717) is 6.54 Å². The van der Waals surface area contributed by atoms with Gasteiger partial charge in [0.2, 0.25) is 0 Å². The van der Waals surface area contributed by atoms with Crippen LogP contribution in [-0.4, -0.2) is 39.9 Å². The van der Waals surface area contributed by atoms with Crippen LogP contribution in [0, 0.1) is 10.1 Å². The van der Waals surface area contributed by atoms with Gasteiger partial charge in [0.05, 0.1) is 11.3 Å². The highest BCUT2D eigenvalue weighted by Gasteiger charge is 2.18. The molecule has 0 heterocycles. The predicted molar refractivity (Wildman–Crippen MR) is 76.2 cm³/mol. The number of carboxylic acid groups (broad SMARTS) is 1. The molecule has 1 N–H and O–H groups in total. The van der Waals surface area contributed by atoms with E-state index in [4.69, 9.17) is 5.11 Å². The van der Waals surface area contributed by atoms with Crippen molar-refractivity contribution in [2.45, 2.75) is 26.2 Å².